The van der Waals surface area contributed by atoms with Crippen LogP contribution in [0.3, 0.4) is 0 Å². The molecule has 0 bridgehead atoms. The van der Waals surface area contributed by atoms with Crippen LogP contribution >= 0.6 is 23.4 Å². The van der Waals surface area contributed by atoms with Gasteiger partial charge in [-0.1, -0.05) is 78.0 Å². The summed E-state index contributed by atoms with van der Waals surface area (Å²) in [5.41, 5.74) is 2.64. The molecule has 4 aromatic rings. The van der Waals surface area contributed by atoms with Gasteiger partial charge in [0.1, 0.15) is 10.9 Å². The lowest BCUT2D eigenvalue weighted by atomic mass is 9.98. The molecule has 2 atom stereocenters. The first-order valence-corrected chi connectivity index (χ1v) is 12.6. The smallest absolute Gasteiger partial charge is 0.282 e. The largest absolute Gasteiger partial charge is 0.493 e. The summed E-state index contributed by atoms with van der Waals surface area (Å²) in [6, 6.07) is 24.9. The molecule has 35 heavy (non-hydrogen) atoms. The summed E-state index contributed by atoms with van der Waals surface area (Å²) in [4.78, 5) is 16.1. The number of hydrogen-bond donors (Lipinski definition) is 2. The van der Waals surface area contributed by atoms with Crippen LogP contribution in [0.2, 0.25) is 5.02 Å². The zero-order chi connectivity index (χ0) is 24.4. The second kappa shape index (κ2) is 10.2. The summed E-state index contributed by atoms with van der Waals surface area (Å²) in [7, 11) is 1.75. The normalized spacial score (nSPS) is 16.5. The number of methoxy groups -OCH3 is 1. The van der Waals surface area contributed by atoms with Crippen molar-refractivity contribution in [2.24, 2.45) is 0 Å². The number of nitrogens with one attached hydrogen (secondary N) is 1. The monoisotopic (exact) mass is 507 g/mol. The van der Waals surface area contributed by atoms with Gasteiger partial charge < -0.3 is 14.7 Å². The predicted octanol–water partition coefficient (Wildman–Crippen LogP) is 5.55. The average Bonchev–Trinajstić information content (AvgIpc) is 3.47. The number of rotatable bonds is 7. The number of aromatic amines is 1. The minimum Gasteiger partial charge on any atom is -0.493 e. The molecule has 2 heterocycles. The highest BCUT2D eigenvalue weighted by Crippen LogP contribution is 2.39. The second-order valence-electron chi connectivity index (χ2n) is 8.49. The maximum Gasteiger partial charge on any atom is 0.282 e. The highest BCUT2D eigenvalue weighted by atomic mass is 35.5. The minimum atomic E-state index is -0.413. The van der Waals surface area contributed by atoms with E-state index in [2.05, 4.69) is 22.1 Å². The van der Waals surface area contributed by atoms with Gasteiger partial charge in [0, 0.05) is 30.8 Å². The lowest BCUT2D eigenvalue weighted by Crippen LogP contribution is -2.22. The van der Waals surface area contributed by atoms with Crippen LogP contribution in [0.25, 0.3) is 0 Å². The molecule has 0 radical (unpaired) electrons. The zero-order valence-electron chi connectivity index (χ0n) is 19.2. The van der Waals surface area contributed by atoms with Crippen molar-refractivity contribution < 1.29 is 9.84 Å². The molecule has 180 valence electrons. The van der Waals surface area contributed by atoms with Crippen molar-refractivity contribution in [3.05, 3.63) is 105 Å². The molecule has 1 aliphatic heterocycles. The van der Waals surface area contributed by atoms with Crippen molar-refractivity contribution in [3.63, 3.8) is 0 Å². The molecule has 0 spiro atoms. The summed E-state index contributed by atoms with van der Waals surface area (Å²) in [5, 5.41) is 14.6. The third kappa shape index (κ3) is 4.85. The number of halogens is 1. The van der Waals surface area contributed by atoms with E-state index in [0.717, 1.165) is 48.1 Å². The van der Waals surface area contributed by atoms with Crippen LogP contribution in [0.15, 0.2) is 93.4 Å². The third-order valence-electron chi connectivity index (χ3n) is 6.33. The van der Waals surface area contributed by atoms with Crippen molar-refractivity contribution in [1.82, 2.24) is 9.78 Å². The van der Waals surface area contributed by atoms with E-state index in [1.807, 2.05) is 60.7 Å². The van der Waals surface area contributed by atoms with Gasteiger partial charge >= 0.3 is 0 Å². The Bertz CT molecular complexity index is 1350. The molecule has 1 fully saturated rings. The fourth-order valence-corrected chi connectivity index (χ4v) is 5.60. The molecule has 3 aromatic carbocycles. The standard InChI is InChI=1S/C27H26ClN3O3S/c1-34-21-15-16-30(17-21)20-13-11-19(12-14-20)24(18-7-3-2-4-8-18)31-27(33)25(26(32)29-31)35-23-10-6-5-9-22(23)28/h2-14,21,24,33H,15-17H2,1H3,(H,29,32)/t21-,24?/m0/s1. The van der Waals surface area contributed by atoms with E-state index in [1.54, 1.807) is 13.2 Å². The molecule has 0 aliphatic carbocycles. The summed E-state index contributed by atoms with van der Waals surface area (Å²) in [5.74, 6) is -0.125. The number of anilines is 1. The van der Waals surface area contributed by atoms with E-state index in [1.165, 1.54) is 4.68 Å². The Morgan fingerprint density at radius 3 is 2.40 bits per heavy atom. The van der Waals surface area contributed by atoms with Gasteiger partial charge in [-0.25, -0.2) is 4.68 Å². The first kappa shape index (κ1) is 23.6. The number of hydrogen-bond acceptors (Lipinski definition) is 5. The van der Waals surface area contributed by atoms with E-state index in [-0.39, 0.29) is 22.4 Å². The Kier molecular flexibility index (Phi) is 6.90. The summed E-state index contributed by atoms with van der Waals surface area (Å²) in [6.07, 6.45) is 1.26. The molecule has 1 aliphatic rings. The maximum atomic E-state index is 12.9. The third-order valence-corrected chi connectivity index (χ3v) is 7.92. The molecule has 1 unspecified atom stereocenters. The molecule has 8 heteroatoms. The van der Waals surface area contributed by atoms with E-state index in [4.69, 9.17) is 16.3 Å². The number of H-pyrrole nitrogens is 1. The molecule has 6 nitrogen and oxygen atoms in total. The highest BCUT2D eigenvalue weighted by Gasteiger charge is 2.26. The van der Waals surface area contributed by atoms with Crippen LogP contribution in [0.5, 0.6) is 5.88 Å². The molecule has 2 N–H and O–H groups in total. The van der Waals surface area contributed by atoms with Crippen LogP contribution < -0.4 is 10.5 Å². The van der Waals surface area contributed by atoms with Crippen LogP contribution in [-0.2, 0) is 4.74 Å². The average molecular weight is 508 g/mol. The van der Waals surface area contributed by atoms with Crippen molar-refractivity contribution in [2.45, 2.75) is 28.4 Å². The van der Waals surface area contributed by atoms with Gasteiger partial charge in [0.05, 0.1) is 11.1 Å². The zero-order valence-corrected chi connectivity index (χ0v) is 20.8. The molecular formula is C27H26ClN3O3S. The fraction of sp³-hybridized carbons (Fsp3) is 0.222. The Morgan fingerprint density at radius 1 is 1.03 bits per heavy atom. The minimum absolute atomic E-state index is 0.125. The lowest BCUT2D eigenvalue weighted by Gasteiger charge is -2.23. The van der Waals surface area contributed by atoms with E-state index in [0.29, 0.717) is 9.92 Å². The second-order valence-corrected chi connectivity index (χ2v) is 9.95. The molecule has 0 amide bonds. The van der Waals surface area contributed by atoms with Gasteiger partial charge in [0.15, 0.2) is 0 Å². The summed E-state index contributed by atoms with van der Waals surface area (Å²) in [6.45, 7) is 1.82. The predicted molar refractivity (Wildman–Crippen MR) is 140 cm³/mol. The number of benzene rings is 3. The quantitative estimate of drug-likeness (QED) is 0.343. The van der Waals surface area contributed by atoms with Crippen molar-refractivity contribution >= 4 is 29.1 Å². The number of aromatic nitrogens is 2. The molecule has 5 rings (SSSR count). The molecule has 0 saturated carbocycles. The topological polar surface area (TPSA) is 70.5 Å². The Morgan fingerprint density at radius 2 is 1.71 bits per heavy atom. The van der Waals surface area contributed by atoms with Crippen LogP contribution in [0.4, 0.5) is 5.69 Å². The van der Waals surface area contributed by atoms with Gasteiger partial charge in [0.25, 0.3) is 5.56 Å². The SMILES string of the molecule is CO[C@H]1CCN(c2ccc(C(c3ccccc3)n3[nH]c(=O)c(Sc4ccccc4Cl)c3O)cc2)C1. The van der Waals surface area contributed by atoms with E-state index >= 15 is 0 Å². The molecule has 1 aromatic heterocycles. The Labute approximate surface area is 213 Å². The van der Waals surface area contributed by atoms with Crippen molar-refractivity contribution in [3.8, 4) is 5.88 Å². The summed E-state index contributed by atoms with van der Waals surface area (Å²) >= 11 is 7.45. The van der Waals surface area contributed by atoms with E-state index in [9.17, 15) is 9.90 Å². The summed E-state index contributed by atoms with van der Waals surface area (Å²) < 4.78 is 7.03. The van der Waals surface area contributed by atoms with Gasteiger partial charge in [-0.3, -0.25) is 9.89 Å². The van der Waals surface area contributed by atoms with E-state index < -0.39 is 6.04 Å². The van der Waals surface area contributed by atoms with Gasteiger partial charge in [0.2, 0.25) is 5.88 Å². The van der Waals surface area contributed by atoms with Crippen LogP contribution in [0, 0.1) is 0 Å². The maximum absolute atomic E-state index is 12.9. The Balaban J connectivity index is 1.52. The fourth-order valence-electron chi connectivity index (χ4n) is 4.49. The van der Waals surface area contributed by atoms with Crippen LogP contribution in [0.1, 0.15) is 23.6 Å². The number of nitrogens with zero attached hydrogens (tertiary/aromatic N) is 2. The first-order valence-electron chi connectivity index (χ1n) is 11.4. The first-order chi connectivity index (χ1) is 17.0. The van der Waals surface area contributed by atoms with Gasteiger partial charge in [-0.05, 0) is 41.8 Å². The van der Waals surface area contributed by atoms with Gasteiger partial charge in [-0.15, -0.1) is 0 Å². The number of ether oxygens (including phenoxy) is 1. The van der Waals surface area contributed by atoms with Crippen LogP contribution in [-0.4, -0.2) is 41.2 Å². The highest BCUT2D eigenvalue weighted by molar-refractivity contribution is 7.99. The molecular weight excluding hydrogens is 482 g/mol. The van der Waals surface area contributed by atoms with Gasteiger partial charge in [-0.2, -0.15) is 0 Å². The lowest BCUT2D eigenvalue weighted by molar-refractivity contribution is 0.121. The Hall–Kier alpha value is -3.13. The molecule has 1 saturated heterocycles. The number of aromatic hydroxyl groups is 1. The van der Waals surface area contributed by atoms with Crippen molar-refractivity contribution in [2.75, 3.05) is 25.1 Å². The van der Waals surface area contributed by atoms with Crippen molar-refractivity contribution in [1.29, 1.82) is 0 Å².